The van der Waals surface area contributed by atoms with Crippen molar-refractivity contribution in [2.24, 2.45) is 14.1 Å². The molecule has 0 aliphatic heterocycles. The van der Waals surface area contributed by atoms with Crippen molar-refractivity contribution in [1.82, 2.24) is 39.3 Å². The van der Waals surface area contributed by atoms with Crippen LogP contribution in [0.3, 0.4) is 0 Å². The Balaban J connectivity index is 1.69. The molecule has 0 aliphatic rings. The number of benzene rings is 2. The molecule has 5 aromatic rings. The molecule has 0 saturated heterocycles. The maximum Gasteiger partial charge on any atom is 0.332 e. The van der Waals surface area contributed by atoms with E-state index in [0.717, 1.165) is 39.1 Å². The summed E-state index contributed by atoms with van der Waals surface area (Å²) >= 11 is 0. The Bertz CT molecular complexity index is 1590. The van der Waals surface area contributed by atoms with E-state index in [0.29, 0.717) is 30.0 Å². The van der Waals surface area contributed by atoms with E-state index < -0.39 is 5.69 Å². The first-order valence-electron chi connectivity index (χ1n) is 11.1. The molecular weight excluding hydrogens is 432 g/mol. The van der Waals surface area contributed by atoms with E-state index in [4.69, 9.17) is 0 Å². The van der Waals surface area contributed by atoms with Gasteiger partial charge in [-0.1, -0.05) is 49.4 Å². The van der Waals surface area contributed by atoms with Crippen molar-refractivity contribution < 1.29 is 0 Å². The third kappa shape index (κ3) is 3.53. The summed E-state index contributed by atoms with van der Waals surface area (Å²) in [5.41, 5.74) is 3.93. The Hall–Kier alpha value is -4.34. The van der Waals surface area contributed by atoms with E-state index in [9.17, 15) is 9.59 Å². The van der Waals surface area contributed by atoms with Crippen molar-refractivity contribution >= 4 is 11.2 Å². The summed E-state index contributed by atoms with van der Waals surface area (Å²) in [6.45, 7) is 2.48. The molecule has 0 spiro atoms. The molecule has 0 amide bonds. The summed E-state index contributed by atoms with van der Waals surface area (Å²) < 4.78 is 4.47. The Morgan fingerprint density at radius 2 is 1.76 bits per heavy atom. The van der Waals surface area contributed by atoms with Crippen molar-refractivity contribution in [3.05, 3.63) is 80.8 Å². The predicted octanol–water partition coefficient (Wildman–Crippen LogP) is 2.28. The maximum absolute atomic E-state index is 13.1. The number of tetrazole rings is 1. The number of rotatable bonds is 6. The van der Waals surface area contributed by atoms with Crippen molar-refractivity contribution in [2.75, 3.05) is 0 Å². The van der Waals surface area contributed by atoms with Crippen molar-refractivity contribution in [2.45, 2.75) is 26.3 Å². The number of H-pyrrole nitrogens is 1. The summed E-state index contributed by atoms with van der Waals surface area (Å²) in [5, 5.41) is 14.5. The minimum absolute atomic E-state index is 0.353. The smallest absolute Gasteiger partial charge is 0.318 e. The summed E-state index contributed by atoms with van der Waals surface area (Å²) in [5.74, 6) is 1.33. The predicted molar refractivity (Wildman–Crippen MR) is 128 cm³/mol. The largest absolute Gasteiger partial charge is 0.332 e. The summed E-state index contributed by atoms with van der Waals surface area (Å²) in [6.07, 6.45) is 1.55. The summed E-state index contributed by atoms with van der Waals surface area (Å²) in [6, 6.07) is 16.1. The van der Waals surface area contributed by atoms with Gasteiger partial charge in [-0.05, 0) is 39.6 Å². The molecule has 172 valence electrons. The van der Waals surface area contributed by atoms with Gasteiger partial charge in [0, 0.05) is 32.6 Å². The van der Waals surface area contributed by atoms with Gasteiger partial charge in [0.15, 0.2) is 17.0 Å². The van der Waals surface area contributed by atoms with E-state index >= 15 is 0 Å². The second-order valence-corrected chi connectivity index (χ2v) is 8.24. The average molecular weight is 457 g/mol. The number of aromatic nitrogens is 8. The number of aromatic amines is 1. The number of nitrogens with one attached hydrogen (secondary N) is 1. The van der Waals surface area contributed by atoms with Gasteiger partial charge in [0.25, 0.3) is 5.56 Å². The van der Waals surface area contributed by atoms with Crippen LogP contribution in [0.5, 0.6) is 0 Å². The van der Waals surface area contributed by atoms with Crippen LogP contribution in [0.4, 0.5) is 0 Å². The number of hydrogen-bond donors (Lipinski definition) is 1. The fraction of sp³-hybridized carbons (Fsp3) is 0.250. The second kappa shape index (κ2) is 8.54. The van der Waals surface area contributed by atoms with Crippen LogP contribution in [0.2, 0.25) is 0 Å². The van der Waals surface area contributed by atoms with E-state index in [2.05, 4.69) is 32.5 Å². The number of imidazole rings is 1. The molecule has 0 radical (unpaired) electrons. The van der Waals surface area contributed by atoms with E-state index in [1.54, 1.807) is 7.05 Å². The van der Waals surface area contributed by atoms with Gasteiger partial charge in [-0.2, -0.15) is 0 Å². The fourth-order valence-corrected chi connectivity index (χ4v) is 4.29. The third-order valence-electron chi connectivity index (χ3n) is 6.01. The summed E-state index contributed by atoms with van der Waals surface area (Å²) in [7, 11) is 3.13. The zero-order chi connectivity index (χ0) is 23.8. The van der Waals surface area contributed by atoms with Crippen LogP contribution in [0, 0.1) is 0 Å². The van der Waals surface area contributed by atoms with Gasteiger partial charge in [0.2, 0.25) is 0 Å². The molecule has 0 fully saturated rings. The highest BCUT2D eigenvalue weighted by atomic mass is 16.2. The van der Waals surface area contributed by atoms with Crippen LogP contribution in [-0.2, 0) is 27.1 Å². The fourth-order valence-electron chi connectivity index (χ4n) is 4.29. The lowest BCUT2D eigenvalue weighted by atomic mass is 9.97. The lowest BCUT2D eigenvalue weighted by molar-refractivity contribution is 0.696. The molecule has 0 aliphatic carbocycles. The molecule has 0 unspecified atom stereocenters. The molecule has 3 aromatic heterocycles. The minimum Gasteiger partial charge on any atom is -0.318 e. The molecule has 0 atom stereocenters. The first-order chi connectivity index (χ1) is 16.5. The molecule has 10 heteroatoms. The Labute approximate surface area is 194 Å². The van der Waals surface area contributed by atoms with Crippen LogP contribution in [0.25, 0.3) is 33.7 Å². The highest BCUT2D eigenvalue weighted by Gasteiger charge is 2.20. The molecule has 0 saturated carbocycles. The molecule has 0 bridgehead atoms. The van der Waals surface area contributed by atoms with E-state index in [1.807, 2.05) is 53.1 Å². The van der Waals surface area contributed by atoms with Gasteiger partial charge < -0.3 is 4.57 Å². The lowest BCUT2D eigenvalue weighted by Gasteiger charge is -2.13. The number of fused-ring (bicyclic) bond motifs is 1. The summed E-state index contributed by atoms with van der Waals surface area (Å²) in [4.78, 5) is 30.2. The molecule has 34 heavy (non-hydrogen) atoms. The minimum atomic E-state index is -0.391. The van der Waals surface area contributed by atoms with Gasteiger partial charge in [0.05, 0.1) is 0 Å². The molecule has 10 nitrogen and oxygen atoms in total. The molecule has 2 aromatic carbocycles. The SMILES string of the molecule is CCCc1nc2c(c(=O)n(C)c(=O)n2C)n1Cc1ccc(-c2ccccc2)c(-c2nnn[nH]2)c1. The first kappa shape index (κ1) is 21.5. The zero-order valence-corrected chi connectivity index (χ0v) is 19.2. The van der Waals surface area contributed by atoms with E-state index in [1.165, 1.54) is 11.6 Å². The topological polar surface area (TPSA) is 116 Å². The van der Waals surface area contributed by atoms with Gasteiger partial charge in [-0.25, -0.2) is 14.9 Å². The van der Waals surface area contributed by atoms with Gasteiger partial charge in [-0.3, -0.25) is 13.9 Å². The number of hydrogen-bond acceptors (Lipinski definition) is 6. The van der Waals surface area contributed by atoms with Gasteiger partial charge in [0.1, 0.15) is 5.82 Å². The lowest BCUT2D eigenvalue weighted by Crippen LogP contribution is -2.37. The van der Waals surface area contributed by atoms with Crippen LogP contribution >= 0.6 is 0 Å². The maximum atomic E-state index is 13.1. The molecule has 1 N–H and O–H groups in total. The monoisotopic (exact) mass is 456 g/mol. The third-order valence-corrected chi connectivity index (χ3v) is 6.01. The van der Waals surface area contributed by atoms with Crippen LogP contribution in [0.15, 0.2) is 58.1 Å². The second-order valence-electron chi connectivity index (χ2n) is 8.24. The van der Waals surface area contributed by atoms with Gasteiger partial charge in [-0.15, -0.1) is 5.10 Å². The number of aryl methyl sites for hydroxylation is 2. The van der Waals surface area contributed by atoms with Crippen molar-refractivity contribution in [1.29, 1.82) is 0 Å². The molecular formula is C24H24N8O2. The Morgan fingerprint density at radius 1 is 0.971 bits per heavy atom. The molecule has 3 heterocycles. The van der Waals surface area contributed by atoms with Crippen LogP contribution in [0.1, 0.15) is 24.7 Å². The van der Waals surface area contributed by atoms with Crippen molar-refractivity contribution in [3.63, 3.8) is 0 Å². The normalized spacial score (nSPS) is 11.4. The Morgan fingerprint density at radius 3 is 2.47 bits per heavy atom. The standard InChI is InChI=1S/C24H24N8O2/c1-4-8-19-25-22-20(23(33)31(3)24(34)30(22)2)32(19)14-15-11-12-17(16-9-6-5-7-10-16)18(13-15)21-26-28-29-27-21/h5-7,9-13H,4,8,14H2,1-3H3,(H,26,27,28,29). The molecule has 5 rings (SSSR count). The zero-order valence-electron chi connectivity index (χ0n) is 19.2. The quantitative estimate of drug-likeness (QED) is 0.419. The average Bonchev–Trinajstić information content (AvgIpc) is 3.51. The van der Waals surface area contributed by atoms with Crippen LogP contribution < -0.4 is 11.2 Å². The van der Waals surface area contributed by atoms with Gasteiger partial charge >= 0.3 is 5.69 Å². The van der Waals surface area contributed by atoms with Crippen molar-refractivity contribution in [3.8, 4) is 22.5 Å². The highest BCUT2D eigenvalue weighted by Crippen LogP contribution is 2.31. The Kier molecular flexibility index (Phi) is 5.40. The first-order valence-corrected chi connectivity index (χ1v) is 11.1. The van der Waals surface area contributed by atoms with E-state index in [-0.39, 0.29) is 5.56 Å². The highest BCUT2D eigenvalue weighted by molar-refractivity contribution is 5.81. The number of nitrogens with zero attached hydrogens (tertiary/aromatic N) is 7. The van der Waals surface area contributed by atoms with Crippen LogP contribution in [-0.4, -0.2) is 39.3 Å².